The number of hydrogen-bond donors (Lipinski definition) is 1. The minimum atomic E-state index is -0.881. The summed E-state index contributed by atoms with van der Waals surface area (Å²) < 4.78 is 0.974. The fraction of sp³-hybridized carbons (Fsp3) is 0.357. The van der Waals surface area contributed by atoms with Crippen molar-refractivity contribution in [2.75, 3.05) is 13.6 Å². The molecule has 0 fully saturated rings. The van der Waals surface area contributed by atoms with Crippen LogP contribution in [0, 0.1) is 0 Å². The molecule has 0 radical (unpaired) electrons. The third-order valence-corrected chi connectivity index (χ3v) is 2.76. The Morgan fingerprint density at radius 1 is 1.50 bits per heavy atom. The van der Waals surface area contributed by atoms with E-state index in [4.69, 9.17) is 0 Å². The lowest BCUT2D eigenvalue weighted by atomic mass is 10.1. The smallest absolute Gasteiger partial charge is 0.246 e. The molecule has 0 aliphatic heterocycles. The Kier molecular flexibility index (Phi) is 5.11. The molecule has 0 aliphatic carbocycles. The summed E-state index contributed by atoms with van der Waals surface area (Å²) in [5.74, 6) is -0.128. The number of likely N-dealkylation sites (N-methyl/N-ethyl adjacent to an activating group) is 1. The third kappa shape index (κ3) is 5.47. The quantitative estimate of drug-likeness (QED) is 0.869. The molecule has 3 nitrogen and oxygen atoms in total. The van der Waals surface area contributed by atoms with Crippen molar-refractivity contribution in [3.63, 3.8) is 0 Å². The van der Waals surface area contributed by atoms with E-state index in [2.05, 4.69) is 15.9 Å². The van der Waals surface area contributed by atoms with E-state index in [0.29, 0.717) is 6.54 Å². The molecule has 1 rings (SSSR count). The number of benzene rings is 1. The van der Waals surface area contributed by atoms with Crippen molar-refractivity contribution in [1.29, 1.82) is 0 Å². The van der Waals surface area contributed by atoms with Crippen LogP contribution in [-0.4, -0.2) is 35.1 Å². The summed E-state index contributed by atoms with van der Waals surface area (Å²) in [7, 11) is 1.67. The molecule has 0 bridgehead atoms. The van der Waals surface area contributed by atoms with Crippen LogP contribution in [-0.2, 0) is 4.79 Å². The Hall–Kier alpha value is -1.13. The minimum absolute atomic E-state index is 0.128. The van der Waals surface area contributed by atoms with E-state index in [0.717, 1.165) is 10.0 Å². The predicted molar refractivity (Wildman–Crippen MR) is 77.1 cm³/mol. The van der Waals surface area contributed by atoms with Gasteiger partial charge in [0.05, 0.1) is 5.60 Å². The number of rotatable bonds is 4. The molecule has 0 saturated heterocycles. The first-order chi connectivity index (χ1) is 8.28. The molecule has 0 spiro atoms. The second kappa shape index (κ2) is 6.16. The van der Waals surface area contributed by atoms with Gasteiger partial charge in [-0.05, 0) is 37.6 Å². The van der Waals surface area contributed by atoms with Crippen molar-refractivity contribution in [2.45, 2.75) is 19.4 Å². The average molecular weight is 312 g/mol. The summed E-state index contributed by atoms with van der Waals surface area (Å²) in [5, 5.41) is 9.63. The Balaban J connectivity index is 2.64. The summed E-state index contributed by atoms with van der Waals surface area (Å²) in [6, 6.07) is 7.69. The van der Waals surface area contributed by atoms with Gasteiger partial charge in [-0.2, -0.15) is 0 Å². The van der Waals surface area contributed by atoms with Crippen LogP contribution < -0.4 is 0 Å². The summed E-state index contributed by atoms with van der Waals surface area (Å²) in [4.78, 5) is 13.3. The highest BCUT2D eigenvalue weighted by Crippen LogP contribution is 2.13. The zero-order chi connectivity index (χ0) is 13.8. The molecule has 0 aromatic heterocycles. The molecule has 1 aromatic rings. The van der Waals surface area contributed by atoms with E-state index in [1.54, 1.807) is 27.0 Å². The second-order valence-corrected chi connectivity index (χ2v) is 5.81. The van der Waals surface area contributed by atoms with E-state index in [9.17, 15) is 9.90 Å². The van der Waals surface area contributed by atoms with Gasteiger partial charge in [0, 0.05) is 24.1 Å². The zero-order valence-electron chi connectivity index (χ0n) is 10.9. The standard InChI is InChI=1S/C14H18BrNO2/c1-14(2,18)10-16(3)13(17)8-7-11-5-4-6-12(15)9-11/h4-9,18H,10H2,1-3H3. The molecule has 0 atom stereocenters. The summed E-state index contributed by atoms with van der Waals surface area (Å²) in [6.07, 6.45) is 3.27. The molecule has 0 heterocycles. The van der Waals surface area contributed by atoms with Gasteiger partial charge < -0.3 is 10.0 Å². The maximum Gasteiger partial charge on any atom is 0.246 e. The van der Waals surface area contributed by atoms with Gasteiger partial charge in [0.15, 0.2) is 0 Å². The number of nitrogens with zero attached hydrogens (tertiary/aromatic N) is 1. The van der Waals surface area contributed by atoms with Crippen molar-refractivity contribution in [3.05, 3.63) is 40.4 Å². The van der Waals surface area contributed by atoms with Gasteiger partial charge in [-0.1, -0.05) is 28.1 Å². The monoisotopic (exact) mass is 311 g/mol. The lowest BCUT2D eigenvalue weighted by Gasteiger charge is -2.24. The van der Waals surface area contributed by atoms with Crippen LogP contribution in [0.25, 0.3) is 6.08 Å². The van der Waals surface area contributed by atoms with E-state index < -0.39 is 5.60 Å². The normalized spacial score (nSPS) is 11.8. The number of carbonyl (C=O) groups excluding carboxylic acids is 1. The minimum Gasteiger partial charge on any atom is -0.389 e. The van der Waals surface area contributed by atoms with Crippen LogP contribution in [0.1, 0.15) is 19.4 Å². The molecule has 1 aromatic carbocycles. The second-order valence-electron chi connectivity index (χ2n) is 4.90. The van der Waals surface area contributed by atoms with E-state index in [1.165, 1.54) is 11.0 Å². The molecule has 0 saturated carbocycles. The topological polar surface area (TPSA) is 40.5 Å². The van der Waals surface area contributed by atoms with Gasteiger partial charge in [-0.25, -0.2) is 0 Å². The molecule has 4 heteroatoms. The molecule has 0 aliphatic rings. The van der Waals surface area contributed by atoms with Crippen LogP contribution >= 0.6 is 15.9 Å². The van der Waals surface area contributed by atoms with Crippen LogP contribution in [0.15, 0.2) is 34.8 Å². The number of carbonyl (C=O) groups is 1. The molecule has 1 N–H and O–H groups in total. The lowest BCUT2D eigenvalue weighted by Crippen LogP contribution is -2.38. The van der Waals surface area contributed by atoms with Crippen molar-refractivity contribution < 1.29 is 9.90 Å². The predicted octanol–water partition coefficient (Wildman–Crippen LogP) is 2.69. The number of halogens is 1. The highest BCUT2D eigenvalue weighted by Gasteiger charge is 2.17. The number of aliphatic hydroxyl groups is 1. The Labute approximate surface area is 116 Å². The zero-order valence-corrected chi connectivity index (χ0v) is 12.4. The molecule has 98 valence electrons. The largest absolute Gasteiger partial charge is 0.389 e. The summed E-state index contributed by atoms with van der Waals surface area (Å²) in [6.45, 7) is 3.65. The van der Waals surface area contributed by atoms with Crippen LogP contribution in [0.4, 0.5) is 0 Å². The first kappa shape index (κ1) is 14.9. The molecule has 0 unspecified atom stereocenters. The van der Waals surface area contributed by atoms with Gasteiger partial charge in [0.1, 0.15) is 0 Å². The lowest BCUT2D eigenvalue weighted by molar-refractivity contribution is -0.127. The maximum absolute atomic E-state index is 11.8. The highest BCUT2D eigenvalue weighted by molar-refractivity contribution is 9.10. The first-order valence-corrected chi connectivity index (χ1v) is 6.48. The SMILES string of the molecule is CN(CC(C)(C)O)C(=O)C=Cc1cccc(Br)c1. The first-order valence-electron chi connectivity index (χ1n) is 5.69. The van der Waals surface area contributed by atoms with Gasteiger partial charge in [0.2, 0.25) is 5.91 Å². The fourth-order valence-electron chi connectivity index (χ4n) is 1.56. The van der Waals surface area contributed by atoms with Crippen molar-refractivity contribution >= 4 is 27.9 Å². The van der Waals surface area contributed by atoms with E-state index in [-0.39, 0.29) is 5.91 Å². The Bertz CT molecular complexity index is 449. The Morgan fingerprint density at radius 2 is 2.17 bits per heavy atom. The van der Waals surface area contributed by atoms with Gasteiger partial charge in [-0.15, -0.1) is 0 Å². The molecule has 1 amide bonds. The van der Waals surface area contributed by atoms with Crippen LogP contribution in [0.2, 0.25) is 0 Å². The molecular formula is C14H18BrNO2. The van der Waals surface area contributed by atoms with Crippen molar-refractivity contribution in [3.8, 4) is 0 Å². The van der Waals surface area contributed by atoms with Crippen molar-refractivity contribution in [2.24, 2.45) is 0 Å². The molecular weight excluding hydrogens is 294 g/mol. The molecule has 18 heavy (non-hydrogen) atoms. The van der Waals surface area contributed by atoms with E-state index >= 15 is 0 Å². The summed E-state index contributed by atoms with van der Waals surface area (Å²) >= 11 is 3.38. The highest BCUT2D eigenvalue weighted by atomic mass is 79.9. The van der Waals surface area contributed by atoms with Crippen LogP contribution in [0.3, 0.4) is 0 Å². The Morgan fingerprint density at radius 3 is 2.72 bits per heavy atom. The maximum atomic E-state index is 11.8. The summed E-state index contributed by atoms with van der Waals surface area (Å²) in [5.41, 5.74) is 0.0722. The van der Waals surface area contributed by atoms with Crippen molar-refractivity contribution in [1.82, 2.24) is 4.90 Å². The van der Waals surface area contributed by atoms with E-state index in [1.807, 2.05) is 24.3 Å². The average Bonchev–Trinajstić information content (AvgIpc) is 2.23. The fourth-order valence-corrected chi connectivity index (χ4v) is 1.98. The number of amides is 1. The van der Waals surface area contributed by atoms with Gasteiger partial charge in [-0.3, -0.25) is 4.79 Å². The van der Waals surface area contributed by atoms with Gasteiger partial charge in [0.25, 0.3) is 0 Å². The van der Waals surface area contributed by atoms with Gasteiger partial charge >= 0.3 is 0 Å². The van der Waals surface area contributed by atoms with Crippen LogP contribution in [0.5, 0.6) is 0 Å². The third-order valence-electron chi connectivity index (χ3n) is 2.27. The number of hydrogen-bond acceptors (Lipinski definition) is 2.